The molecule has 138 valence electrons. The lowest BCUT2D eigenvalue weighted by molar-refractivity contribution is -0.132. The van der Waals surface area contributed by atoms with Gasteiger partial charge in [0.2, 0.25) is 5.91 Å². The molecule has 6 nitrogen and oxygen atoms in total. The largest absolute Gasteiger partial charge is 0.343 e. The number of carbonyl (C=O) groups is 1. The smallest absolute Gasteiger partial charge is 0.222 e. The molecule has 2 saturated heterocycles. The van der Waals surface area contributed by atoms with Crippen LogP contribution in [0.2, 0.25) is 0 Å². The predicted molar refractivity (Wildman–Crippen MR) is 96.0 cm³/mol. The number of nitrogens with zero attached hydrogens (tertiary/aromatic N) is 5. The molecule has 0 unspecified atom stereocenters. The van der Waals surface area contributed by atoms with Crippen molar-refractivity contribution in [2.24, 2.45) is 13.0 Å². The van der Waals surface area contributed by atoms with Gasteiger partial charge in [-0.15, -0.1) is 10.2 Å². The zero-order valence-electron chi connectivity index (χ0n) is 15.5. The third-order valence-corrected chi connectivity index (χ3v) is 6.19. The summed E-state index contributed by atoms with van der Waals surface area (Å²) in [6, 6.07) is 0. The van der Waals surface area contributed by atoms with Gasteiger partial charge in [-0.05, 0) is 57.5 Å². The van der Waals surface area contributed by atoms with Gasteiger partial charge in [0, 0.05) is 32.5 Å². The molecule has 0 radical (unpaired) electrons. The van der Waals surface area contributed by atoms with Crippen molar-refractivity contribution in [3.63, 3.8) is 0 Å². The molecule has 0 N–H and O–H groups in total. The van der Waals surface area contributed by atoms with Gasteiger partial charge in [-0.25, -0.2) is 0 Å². The fourth-order valence-corrected chi connectivity index (χ4v) is 4.27. The molecule has 0 atom stereocenters. The summed E-state index contributed by atoms with van der Waals surface area (Å²) < 4.78 is 2.21. The van der Waals surface area contributed by atoms with Crippen LogP contribution >= 0.6 is 0 Å². The summed E-state index contributed by atoms with van der Waals surface area (Å²) in [7, 11) is 2.11. The lowest BCUT2D eigenvalue weighted by Crippen LogP contribution is -2.38. The van der Waals surface area contributed by atoms with Gasteiger partial charge in [0.15, 0.2) is 0 Å². The molecule has 1 aromatic heterocycles. The third kappa shape index (κ3) is 4.05. The Morgan fingerprint density at radius 1 is 1.00 bits per heavy atom. The van der Waals surface area contributed by atoms with Crippen molar-refractivity contribution >= 4 is 5.91 Å². The van der Waals surface area contributed by atoms with Gasteiger partial charge in [0.1, 0.15) is 11.6 Å². The van der Waals surface area contributed by atoms with Crippen LogP contribution in [0.5, 0.6) is 0 Å². The van der Waals surface area contributed by atoms with Crippen LogP contribution in [0.25, 0.3) is 0 Å². The van der Waals surface area contributed by atoms with Crippen molar-refractivity contribution in [3.8, 4) is 0 Å². The minimum absolute atomic E-state index is 0.365. The lowest BCUT2D eigenvalue weighted by Gasteiger charge is -2.31. The Morgan fingerprint density at radius 2 is 1.72 bits per heavy atom. The number of likely N-dealkylation sites (tertiary alicyclic amines) is 2. The van der Waals surface area contributed by atoms with E-state index in [0.29, 0.717) is 17.7 Å². The molecule has 6 heteroatoms. The standard InChI is InChI=1S/C19H31N5O/c1-22-17(14-23-9-3-2-4-10-23)20-21-19(22)16-7-11-24(12-8-16)18(25)13-15-5-6-15/h15-16H,2-14H2,1H3. The molecule has 4 rings (SSSR count). The second-order valence-electron chi connectivity index (χ2n) is 8.17. The van der Waals surface area contributed by atoms with Crippen LogP contribution in [-0.4, -0.2) is 56.7 Å². The maximum atomic E-state index is 12.3. The molecule has 1 aliphatic carbocycles. The van der Waals surface area contributed by atoms with Gasteiger partial charge in [0.25, 0.3) is 0 Å². The molecular weight excluding hydrogens is 314 g/mol. The highest BCUT2D eigenvalue weighted by Gasteiger charge is 2.31. The maximum Gasteiger partial charge on any atom is 0.222 e. The van der Waals surface area contributed by atoms with Crippen molar-refractivity contribution in [3.05, 3.63) is 11.6 Å². The first-order valence-electron chi connectivity index (χ1n) is 10.1. The van der Waals surface area contributed by atoms with Crippen molar-refractivity contribution in [1.82, 2.24) is 24.6 Å². The number of hydrogen-bond acceptors (Lipinski definition) is 4. The van der Waals surface area contributed by atoms with Crippen LogP contribution in [0.15, 0.2) is 0 Å². The molecule has 1 saturated carbocycles. The molecule has 1 amide bonds. The van der Waals surface area contributed by atoms with E-state index in [9.17, 15) is 4.79 Å². The molecular formula is C19H31N5O. The van der Waals surface area contributed by atoms with Gasteiger partial charge in [0.05, 0.1) is 6.54 Å². The zero-order valence-corrected chi connectivity index (χ0v) is 15.5. The van der Waals surface area contributed by atoms with Crippen LogP contribution in [0.1, 0.15) is 68.9 Å². The SMILES string of the molecule is Cn1c(CN2CCCCC2)nnc1C1CCN(C(=O)CC2CC2)CC1. The molecule has 0 spiro atoms. The summed E-state index contributed by atoms with van der Waals surface area (Å²) in [5.74, 6) is 3.69. The second kappa shape index (κ2) is 7.44. The Hall–Kier alpha value is -1.43. The molecule has 0 bridgehead atoms. The zero-order chi connectivity index (χ0) is 17.2. The Balaban J connectivity index is 1.32. The molecule has 2 aliphatic heterocycles. The Kier molecular flexibility index (Phi) is 5.06. The van der Waals surface area contributed by atoms with Gasteiger partial charge < -0.3 is 9.47 Å². The summed E-state index contributed by atoms with van der Waals surface area (Å²) >= 11 is 0. The Labute approximate surface area is 150 Å². The predicted octanol–water partition coefficient (Wildman–Crippen LogP) is 2.31. The van der Waals surface area contributed by atoms with Gasteiger partial charge in [-0.1, -0.05) is 6.42 Å². The first-order chi connectivity index (χ1) is 12.2. The van der Waals surface area contributed by atoms with Crippen molar-refractivity contribution in [1.29, 1.82) is 0 Å². The van der Waals surface area contributed by atoms with E-state index in [1.165, 1.54) is 45.2 Å². The first-order valence-corrected chi connectivity index (χ1v) is 10.1. The maximum absolute atomic E-state index is 12.3. The molecule has 3 fully saturated rings. The number of piperidine rings is 2. The summed E-state index contributed by atoms with van der Waals surface area (Å²) in [6.45, 7) is 5.05. The topological polar surface area (TPSA) is 54.3 Å². The Bertz CT molecular complexity index is 595. The molecule has 1 aromatic rings. The summed E-state index contributed by atoms with van der Waals surface area (Å²) in [6.07, 6.45) is 9.28. The van der Waals surface area contributed by atoms with E-state index in [4.69, 9.17) is 0 Å². The van der Waals surface area contributed by atoms with Crippen LogP contribution in [0.4, 0.5) is 0 Å². The van der Waals surface area contributed by atoms with Crippen LogP contribution in [-0.2, 0) is 18.4 Å². The Morgan fingerprint density at radius 3 is 2.40 bits per heavy atom. The van der Waals surface area contributed by atoms with Crippen molar-refractivity contribution in [2.45, 2.75) is 63.8 Å². The lowest BCUT2D eigenvalue weighted by atomic mass is 9.95. The highest BCUT2D eigenvalue weighted by Crippen LogP contribution is 2.34. The van der Waals surface area contributed by atoms with E-state index < -0.39 is 0 Å². The molecule has 3 aliphatic rings. The van der Waals surface area contributed by atoms with Crippen LogP contribution in [0.3, 0.4) is 0 Å². The van der Waals surface area contributed by atoms with Gasteiger partial charge >= 0.3 is 0 Å². The minimum atomic E-state index is 0.365. The van der Waals surface area contributed by atoms with E-state index >= 15 is 0 Å². The van der Waals surface area contributed by atoms with Crippen LogP contribution in [0, 0.1) is 5.92 Å². The average Bonchev–Trinajstić information content (AvgIpc) is 3.39. The molecule has 3 heterocycles. The summed E-state index contributed by atoms with van der Waals surface area (Å²) in [4.78, 5) is 16.8. The van der Waals surface area contributed by atoms with E-state index in [1.807, 2.05) is 0 Å². The highest BCUT2D eigenvalue weighted by molar-refractivity contribution is 5.76. The molecule has 25 heavy (non-hydrogen) atoms. The van der Waals surface area contributed by atoms with Gasteiger partial charge in [-0.2, -0.15) is 0 Å². The third-order valence-electron chi connectivity index (χ3n) is 6.19. The fourth-order valence-electron chi connectivity index (χ4n) is 4.27. The number of hydrogen-bond donors (Lipinski definition) is 0. The summed E-state index contributed by atoms with van der Waals surface area (Å²) in [5.41, 5.74) is 0. The van der Waals surface area contributed by atoms with E-state index in [1.54, 1.807) is 0 Å². The minimum Gasteiger partial charge on any atom is -0.343 e. The number of carbonyl (C=O) groups excluding carboxylic acids is 1. The monoisotopic (exact) mass is 345 g/mol. The first kappa shape index (κ1) is 17.0. The number of amides is 1. The number of rotatable bonds is 5. The normalized spacial score (nSPS) is 23.2. The van der Waals surface area contributed by atoms with Crippen molar-refractivity contribution in [2.75, 3.05) is 26.2 Å². The fraction of sp³-hybridized carbons (Fsp3) is 0.842. The highest BCUT2D eigenvalue weighted by atomic mass is 16.2. The van der Waals surface area contributed by atoms with Crippen LogP contribution < -0.4 is 0 Å². The van der Waals surface area contributed by atoms with Crippen molar-refractivity contribution < 1.29 is 4.79 Å². The van der Waals surface area contributed by atoms with E-state index in [-0.39, 0.29) is 0 Å². The van der Waals surface area contributed by atoms with Gasteiger partial charge in [-0.3, -0.25) is 9.69 Å². The number of aromatic nitrogens is 3. The second-order valence-corrected chi connectivity index (χ2v) is 8.17. The quantitative estimate of drug-likeness (QED) is 0.822. The van der Waals surface area contributed by atoms with E-state index in [2.05, 4.69) is 31.6 Å². The van der Waals surface area contributed by atoms with E-state index in [0.717, 1.165) is 50.5 Å². The summed E-state index contributed by atoms with van der Waals surface area (Å²) in [5, 5.41) is 8.99. The molecule has 0 aromatic carbocycles. The average molecular weight is 345 g/mol.